The Kier molecular flexibility index (Phi) is 7.74. The van der Waals surface area contributed by atoms with E-state index in [1.165, 1.54) is 17.0 Å². The Morgan fingerprint density at radius 2 is 1.82 bits per heavy atom. The molecule has 2 aromatic carbocycles. The van der Waals surface area contributed by atoms with Crippen LogP contribution in [0.4, 0.5) is 14.5 Å². The number of benzene rings is 2. The zero-order chi connectivity index (χ0) is 20.5. The first-order valence-corrected chi connectivity index (χ1v) is 8.71. The van der Waals surface area contributed by atoms with Crippen molar-refractivity contribution in [2.45, 2.75) is 13.0 Å². The highest BCUT2D eigenvalue weighted by molar-refractivity contribution is 5.95. The van der Waals surface area contributed by atoms with Crippen molar-refractivity contribution >= 4 is 17.5 Å². The molecule has 2 amide bonds. The number of hydrogen-bond acceptors (Lipinski definition) is 4. The van der Waals surface area contributed by atoms with Crippen LogP contribution in [-0.2, 0) is 11.2 Å². The minimum atomic E-state index is -2.85. The standard InChI is InChI=1S/C20H23F2N3O3/c1-25(2)19(27)15-4-3-5-16(12-15)24-13-18(26)23-11-10-14-6-8-17(9-7-14)28-20(21)22/h3-9,12,20,24H,10-11,13H2,1-2H3,(H,23,26). The van der Waals surface area contributed by atoms with E-state index in [0.717, 1.165) is 5.56 Å². The topological polar surface area (TPSA) is 70.7 Å². The van der Waals surface area contributed by atoms with Gasteiger partial charge in [0.2, 0.25) is 5.91 Å². The molecule has 150 valence electrons. The number of anilines is 1. The van der Waals surface area contributed by atoms with Gasteiger partial charge in [0.15, 0.2) is 0 Å². The Morgan fingerprint density at radius 3 is 2.46 bits per heavy atom. The zero-order valence-corrected chi connectivity index (χ0v) is 15.7. The summed E-state index contributed by atoms with van der Waals surface area (Å²) < 4.78 is 28.5. The van der Waals surface area contributed by atoms with Gasteiger partial charge in [-0.1, -0.05) is 18.2 Å². The monoisotopic (exact) mass is 391 g/mol. The fraction of sp³-hybridized carbons (Fsp3) is 0.300. The van der Waals surface area contributed by atoms with Crippen LogP contribution in [0.3, 0.4) is 0 Å². The second kappa shape index (κ2) is 10.2. The average molecular weight is 391 g/mol. The maximum Gasteiger partial charge on any atom is 0.387 e. The molecule has 28 heavy (non-hydrogen) atoms. The lowest BCUT2D eigenvalue weighted by atomic mass is 10.1. The number of nitrogens with zero attached hydrogens (tertiary/aromatic N) is 1. The molecule has 0 bridgehead atoms. The van der Waals surface area contributed by atoms with E-state index in [4.69, 9.17) is 0 Å². The van der Waals surface area contributed by atoms with Crippen molar-refractivity contribution in [1.29, 1.82) is 0 Å². The van der Waals surface area contributed by atoms with Crippen LogP contribution in [0, 0.1) is 0 Å². The number of rotatable bonds is 9. The van der Waals surface area contributed by atoms with Gasteiger partial charge in [0.25, 0.3) is 5.91 Å². The molecular formula is C20H23F2N3O3. The maximum absolute atomic E-state index is 12.1. The van der Waals surface area contributed by atoms with E-state index < -0.39 is 6.61 Å². The summed E-state index contributed by atoms with van der Waals surface area (Å²) in [5.74, 6) is -0.206. The van der Waals surface area contributed by atoms with Gasteiger partial charge in [-0.25, -0.2) is 0 Å². The molecule has 2 aromatic rings. The van der Waals surface area contributed by atoms with Crippen molar-refractivity contribution in [2.24, 2.45) is 0 Å². The van der Waals surface area contributed by atoms with Crippen LogP contribution >= 0.6 is 0 Å². The van der Waals surface area contributed by atoms with E-state index in [1.54, 1.807) is 50.5 Å². The van der Waals surface area contributed by atoms with E-state index in [-0.39, 0.29) is 24.1 Å². The Labute approximate surface area is 162 Å². The van der Waals surface area contributed by atoms with Crippen LogP contribution in [0.1, 0.15) is 15.9 Å². The summed E-state index contributed by atoms with van der Waals surface area (Å²) in [4.78, 5) is 25.4. The van der Waals surface area contributed by atoms with E-state index in [1.807, 2.05) is 0 Å². The van der Waals surface area contributed by atoms with Gasteiger partial charge in [-0.05, 0) is 42.3 Å². The van der Waals surface area contributed by atoms with Crippen LogP contribution < -0.4 is 15.4 Å². The minimum absolute atomic E-state index is 0.0702. The number of ether oxygens (including phenoxy) is 1. The smallest absolute Gasteiger partial charge is 0.387 e. The first-order chi connectivity index (χ1) is 13.3. The van der Waals surface area contributed by atoms with Gasteiger partial charge in [-0.2, -0.15) is 8.78 Å². The summed E-state index contributed by atoms with van der Waals surface area (Å²) in [5, 5.41) is 5.76. The molecule has 0 aliphatic heterocycles. The molecule has 0 fully saturated rings. The fourth-order valence-corrected chi connectivity index (χ4v) is 2.45. The highest BCUT2D eigenvalue weighted by atomic mass is 19.3. The van der Waals surface area contributed by atoms with E-state index >= 15 is 0 Å². The number of halogens is 2. The molecule has 0 aromatic heterocycles. The van der Waals surface area contributed by atoms with Crippen molar-refractivity contribution in [1.82, 2.24) is 10.2 Å². The SMILES string of the molecule is CN(C)C(=O)c1cccc(NCC(=O)NCCc2ccc(OC(F)F)cc2)c1. The molecule has 2 N–H and O–H groups in total. The lowest BCUT2D eigenvalue weighted by molar-refractivity contribution is -0.119. The fourth-order valence-electron chi connectivity index (χ4n) is 2.45. The molecule has 0 saturated heterocycles. The van der Waals surface area contributed by atoms with Crippen molar-refractivity contribution < 1.29 is 23.1 Å². The zero-order valence-electron chi connectivity index (χ0n) is 15.7. The van der Waals surface area contributed by atoms with Gasteiger partial charge in [0, 0.05) is 31.9 Å². The highest BCUT2D eigenvalue weighted by Gasteiger charge is 2.09. The highest BCUT2D eigenvalue weighted by Crippen LogP contribution is 2.15. The maximum atomic E-state index is 12.1. The predicted molar refractivity (Wildman–Crippen MR) is 103 cm³/mol. The van der Waals surface area contributed by atoms with Gasteiger partial charge in [0.1, 0.15) is 5.75 Å². The average Bonchev–Trinajstić information content (AvgIpc) is 2.67. The molecule has 8 heteroatoms. The third-order valence-corrected chi connectivity index (χ3v) is 3.85. The molecule has 0 atom stereocenters. The summed E-state index contributed by atoms with van der Waals surface area (Å²) in [6.45, 7) is -2.37. The van der Waals surface area contributed by atoms with E-state index in [2.05, 4.69) is 15.4 Å². The summed E-state index contributed by atoms with van der Waals surface area (Å²) in [7, 11) is 3.35. The van der Waals surface area contributed by atoms with Crippen LogP contribution in [0.5, 0.6) is 5.75 Å². The van der Waals surface area contributed by atoms with Gasteiger partial charge < -0.3 is 20.3 Å². The number of amides is 2. The third-order valence-electron chi connectivity index (χ3n) is 3.85. The largest absolute Gasteiger partial charge is 0.435 e. The number of nitrogens with one attached hydrogen (secondary N) is 2. The van der Waals surface area contributed by atoms with Crippen molar-refractivity contribution in [3.05, 3.63) is 59.7 Å². The molecule has 0 aliphatic rings. The molecule has 0 saturated carbocycles. The second-order valence-corrected chi connectivity index (χ2v) is 6.26. The minimum Gasteiger partial charge on any atom is -0.435 e. The molecule has 0 unspecified atom stereocenters. The summed E-state index contributed by atoms with van der Waals surface area (Å²) in [6.07, 6.45) is 0.563. The van der Waals surface area contributed by atoms with Gasteiger partial charge in [-0.15, -0.1) is 0 Å². The lowest BCUT2D eigenvalue weighted by Gasteiger charge is -2.12. The normalized spacial score (nSPS) is 10.5. The van der Waals surface area contributed by atoms with Crippen molar-refractivity contribution in [3.63, 3.8) is 0 Å². The first kappa shape index (κ1) is 21.1. The molecule has 0 aliphatic carbocycles. The lowest BCUT2D eigenvalue weighted by Crippen LogP contribution is -2.31. The predicted octanol–water partition coefficient (Wildman–Crippen LogP) is 2.76. The van der Waals surface area contributed by atoms with Crippen LogP contribution in [0.25, 0.3) is 0 Å². The molecule has 0 spiro atoms. The van der Waals surface area contributed by atoms with Gasteiger partial charge in [-0.3, -0.25) is 9.59 Å². The summed E-state index contributed by atoms with van der Waals surface area (Å²) in [5.41, 5.74) is 2.11. The Balaban J connectivity index is 1.74. The Bertz CT molecular complexity index is 796. The molecule has 0 radical (unpaired) electrons. The van der Waals surface area contributed by atoms with E-state index in [0.29, 0.717) is 24.2 Å². The number of hydrogen-bond donors (Lipinski definition) is 2. The first-order valence-electron chi connectivity index (χ1n) is 8.71. The number of alkyl halides is 2. The quantitative estimate of drug-likeness (QED) is 0.690. The van der Waals surface area contributed by atoms with Crippen LogP contribution in [-0.4, -0.2) is 50.5 Å². The third kappa shape index (κ3) is 6.86. The van der Waals surface area contributed by atoms with Gasteiger partial charge in [0.05, 0.1) is 6.54 Å². The van der Waals surface area contributed by atoms with Gasteiger partial charge >= 0.3 is 6.61 Å². The molecule has 0 heterocycles. The molecular weight excluding hydrogens is 368 g/mol. The second-order valence-electron chi connectivity index (χ2n) is 6.26. The molecule has 2 rings (SSSR count). The Hall–Kier alpha value is -3.16. The Morgan fingerprint density at radius 1 is 1.11 bits per heavy atom. The van der Waals surface area contributed by atoms with Crippen molar-refractivity contribution in [3.8, 4) is 5.75 Å². The number of carbonyl (C=O) groups excluding carboxylic acids is 2. The van der Waals surface area contributed by atoms with Crippen LogP contribution in [0.2, 0.25) is 0 Å². The van der Waals surface area contributed by atoms with Crippen molar-refractivity contribution in [2.75, 3.05) is 32.5 Å². The number of carbonyl (C=O) groups is 2. The molecule has 6 nitrogen and oxygen atoms in total. The van der Waals surface area contributed by atoms with Crippen LogP contribution in [0.15, 0.2) is 48.5 Å². The summed E-state index contributed by atoms with van der Waals surface area (Å²) in [6, 6.07) is 13.2. The van der Waals surface area contributed by atoms with E-state index in [9.17, 15) is 18.4 Å². The summed E-state index contributed by atoms with van der Waals surface area (Å²) >= 11 is 0.